The van der Waals surface area contributed by atoms with E-state index in [9.17, 15) is 9.59 Å². The molecule has 0 bridgehead atoms. The fourth-order valence-corrected chi connectivity index (χ4v) is 1.91. The Labute approximate surface area is 125 Å². The number of carbonyl (C=O) groups excluding carboxylic acids is 2. The highest BCUT2D eigenvalue weighted by molar-refractivity contribution is 5.93. The van der Waals surface area contributed by atoms with E-state index in [1.807, 2.05) is 20.8 Å². The minimum absolute atomic E-state index is 0.0682. The first kappa shape index (κ1) is 17.0. The fourth-order valence-electron chi connectivity index (χ4n) is 1.91. The van der Waals surface area contributed by atoms with Gasteiger partial charge in [-0.25, -0.2) is 4.79 Å². The van der Waals surface area contributed by atoms with E-state index in [0.717, 1.165) is 18.4 Å². The Kier molecular flexibility index (Phi) is 6.21. The smallest absolute Gasteiger partial charge is 0.338 e. The Morgan fingerprint density at radius 3 is 2.57 bits per heavy atom. The summed E-state index contributed by atoms with van der Waals surface area (Å²) in [5, 5.41) is 2.82. The Balaban J connectivity index is 2.60. The van der Waals surface area contributed by atoms with Crippen LogP contribution in [0.15, 0.2) is 18.2 Å². The van der Waals surface area contributed by atoms with Crippen LogP contribution in [0.3, 0.4) is 0 Å². The highest BCUT2D eigenvalue weighted by atomic mass is 16.5. The second-order valence-electron chi connectivity index (χ2n) is 5.32. The minimum Gasteiger partial charge on any atom is -0.449 e. The summed E-state index contributed by atoms with van der Waals surface area (Å²) in [6.45, 7) is 7.39. The van der Waals surface area contributed by atoms with Crippen LogP contribution in [0.4, 0.5) is 5.69 Å². The van der Waals surface area contributed by atoms with E-state index in [2.05, 4.69) is 5.32 Å². The Morgan fingerprint density at radius 2 is 2.00 bits per heavy atom. The van der Waals surface area contributed by atoms with Crippen LogP contribution >= 0.6 is 0 Å². The predicted octanol–water partition coefficient (Wildman–Crippen LogP) is 2.43. The van der Waals surface area contributed by atoms with Crippen LogP contribution in [-0.2, 0) is 9.53 Å². The number of hydrogen-bond acceptors (Lipinski definition) is 4. The number of aryl methyl sites for hydroxylation is 1. The van der Waals surface area contributed by atoms with E-state index in [1.54, 1.807) is 25.1 Å². The largest absolute Gasteiger partial charge is 0.449 e. The number of amides is 1. The number of nitrogen functional groups attached to an aromatic ring is 1. The molecular weight excluding hydrogens is 268 g/mol. The maximum Gasteiger partial charge on any atom is 0.338 e. The first-order chi connectivity index (χ1) is 9.85. The maximum absolute atomic E-state index is 12.0. The summed E-state index contributed by atoms with van der Waals surface area (Å²) in [6.07, 6.45) is 1.04. The molecule has 5 heteroatoms. The number of hydrogen-bond donors (Lipinski definition) is 2. The third-order valence-corrected chi connectivity index (χ3v) is 3.28. The van der Waals surface area contributed by atoms with Gasteiger partial charge in [0.25, 0.3) is 5.91 Å². The van der Waals surface area contributed by atoms with Crippen LogP contribution in [0.5, 0.6) is 0 Å². The van der Waals surface area contributed by atoms with Crippen LogP contribution in [-0.4, -0.2) is 24.0 Å². The summed E-state index contributed by atoms with van der Waals surface area (Å²) in [6, 6.07) is 5.01. The molecule has 1 rings (SSSR count). The van der Waals surface area contributed by atoms with Gasteiger partial charge in [-0.15, -0.1) is 0 Å². The predicted molar refractivity (Wildman–Crippen MR) is 83.0 cm³/mol. The molecule has 0 heterocycles. The lowest BCUT2D eigenvalue weighted by molar-refractivity contribution is -0.129. The molecule has 0 radical (unpaired) electrons. The molecule has 0 saturated heterocycles. The molecule has 2 unspecified atom stereocenters. The number of carbonyl (C=O) groups is 2. The highest BCUT2D eigenvalue weighted by Gasteiger charge is 2.20. The topological polar surface area (TPSA) is 81.4 Å². The average Bonchev–Trinajstić information content (AvgIpc) is 2.41. The van der Waals surface area contributed by atoms with Gasteiger partial charge in [-0.1, -0.05) is 19.4 Å². The summed E-state index contributed by atoms with van der Waals surface area (Å²) in [5.41, 5.74) is 7.53. The SMILES string of the molecule is CCCC(C)NC(=O)C(C)OC(=O)c1ccc(C)c(N)c1. The number of nitrogens with two attached hydrogens (primary N) is 1. The molecule has 3 N–H and O–H groups in total. The highest BCUT2D eigenvalue weighted by Crippen LogP contribution is 2.14. The molecule has 1 amide bonds. The van der Waals surface area contributed by atoms with Gasteiger partial charge in [0.15, 0.2) is 6.10 Å². The fraction of sp³-hybridized carbons (Fsp3) is 0.500. The van der Waals surface area contributed by atoms with Gasteiger partial charge in [-0.3, -0.25) is 4.79 Å². The molecule has 0 spiro atoms. The number of nitrogens with one attached hydrogen (secondary N) is 1. The summed E-state index contributed by atoms with van der Waals surface area (Å²) < 4.78 is 5.17. The van der Waals surface area contributed by atoms with Gasteiger partial charge in [0.2, 0.25) is 0 Å². The van der Waals surface area contributed by atoms with Crippen molar-refractivity contribution in [2.24, 2.45) is 0 Å². The molecule has 0 fully saturated rings. The van der Waals surface area contributed by atoms with Crippen LogP contribution < -0.4 is 11.1 Å². The molecule has 2 atom stereocenters. The van der Waals surface area contributed by atoms with E-state index in [-0.39, 0.29) is 11.9 Å². The van der Waals surface area contributed by atoms with Crippen LogP contribution in [0, 0.1) is 6.92 Å². The molecular formula is C16H24N2O3. The van der Waals surface area contributed by atoms with Gasteiger partial charge in [0, 0.05) is 11.7 Å². The van der Waals surface area contributed by atoms with Crippen molar-refractivity contribution in [3.05, 3.63) is 29.3 Å². The average molecular weight is 292 g/mol. The number of rotatable bonds is 6. The lowest BCUT2D eigenvalue weighted by Crippen LogP contribution is -2.40. The van der Waals surface area contributed by atoms with E-state index < -0.39 is 12.1 Å². The molecule has 0 aliphatic heterocycles. The monoisotopic (exact) mass is 292 g/mol. The molecule has 1 aromatic rings. The zero-order chi connectivity index (χ0) is 16.0. The first-order valence-electron chi connectivity index (χ1n) is 7.22. The van der Waals surface area contributed by atoms with Gasteiger partial charge in [-0.05, 0) is 44.9 Å². The molecule has 5 nitrogen and oxygen atoms in total. The molecule has 0 saturated carbocycles. The Morgan fingerprint density at radius 1 is 1.33 bits per heavy atom. The Hall–Kier alpha value is -2.04. The number of ether oxygens (including phenoxy) is 1. The lowest BCUT2D eigenvalue weighted by atomic mass is 10.1. The van der Waals surface area contributed by atoms with Crippen molar-refractivity contribution >= 4 is 17.6 Å². The number of anilines is 1. The van der Waals surface area contributed by atoms with Crippen LogP contribution in [0.1, 0.15) is 49.5 Å². The molecule has 0 aromatic heterocycles. The number of esters is 1. The van der Waals surface area contributed by atoms with Gasteiger partial charge >= 0.3 is 5.97 Å². The van der Waals surface area contributed by atoms with Crippen molar-refractivity contribution in [1.29, 1.82) is 0 Å². The Bertz CT molecular complexity index is 514. The normalized spacial score (nSPS) is 13.3. The summed E-state index contributed by atoms with van der Waals surface area (Å²) in [5.74, 6) is -0.836. The minimum atomic E-state index is -0.834. The maximum atomic E-state index is 12.0. The molecule has 0 aliphatic rings. The first-order valence-corrected chi connectivity index (χ1v) is 7.22. The third-order valence-electron chi connectivity index (χ3n) is 3.28. The van der Waals surface area contributed by atoms with Crippen molar-refractivity contribution < 1.29 is 14.3 Å². The van der Waals surface area contributed by atoms with Crippen molar-refractivity contribution in [1.82, 2.24) is 5.32 Å². The van der Waals surface area contributed by atoms with Crippen molar-refractivity contribution in [2.75, 3.05) is 5.73 Å². The van der Waals surface area contributed by atoms with Gasteiger partial charge in [-0.2, -0.15) is 0 Å². The van der Waals surface area contributed by atoms with Crippen molar-refractivity contribution in [3.8, 4) is 0 Å². The molecule has 1 aromatic carbocycles. The van der Waals surface area contributed by atoms with Gasteiger partial charge in [0.05, 0.1) is 5.56 Å². The summed E-state index contributed by atoms with van der Waals surface area (Å²) in [7, 11) is 0. The quantitative estimate of drug-likeness (QED) is 0.623. The standard InChI is InChI=1S/C16H24N2O3/c1-5-6-11(3)18-15(19)12(4)21-16(20)13-8-7-10(2)14(17)9-13/h7-9,11-12H,5-6,17H2,1-4H3,(H,18,19). The van der Waals surface area contributed by atoms with E-state index in [1.165, 1.54) is 0 Å². The second-order valence-corrected chi connectivity index (χ2v) is 5.32. The van der Waals surface area contributed by atoms with Crippen molar-refractivity contribution in [3.63, 3.8) is 0 Å². The third kappa shape index (κ3) is 5.10. The van der Waals surface area contributed by atoms with E-state index in [0.29, 0.717) is 11.3 Å². The van der Waals surface area contributed by atoms with Gasteiger partial charge in [0.1, 0.15) is 0 Å². The van der Waals surface area contributed by atoms with Gasteiger partial charge < -0.3 is 15.8 Å². The lowest BCUT2D eigenvalue weighted by Gasteiger charge is -2.17. The van der Waals surface area contributed by atoms with Crippen LogP contribution in [0.2, 0.25) is 0 Å². The number of benzene rings is 1. The summed E-state index contributed by atoms with van der Waals surface area (Å²) >= 11 is 0. The zero-order valence-electron chi connectivity index (χ0n) is 13.1. The summed E-state index contributed by atoms with van der Waals surface area (Å²) in [4.78, 5) is 23.9. The van der Waals surface area contributed by atoms with E-state index in [4.69, 9.17) is 10.5 Å². The van der Waals surface area contributed by atoms with E-state index >= 15 is 0 Å². The van der Waals surface area contributed by atoms with Crippen LogP contribution in [0.25, 0.3) is 0 Å². The van der Waals surface area contributed by atoms with Crippen molar-refractivity contribution in [2.45, 2.75) is 52.7 Å². The zero-order valence-corrected chi connectivity index (χ0v) is 13.1. The molecule has 0 aliphatic carbocycles. The molecule has 21 heavy (non-hydrogen) atoms. The molecule has 116 valence electrons. The second kappa shape index (κ2) is 7.67.